The van der Waals surface area contributed by atoms with Crippen molar-refractivity contribution < 1.29 is 28.7 Å². The van der Waals surface area contributed by atoms with Gasteiger partial charge in [-0.3, -0.25) is 29.4 Å². The summed E-state index contributed by atoms with van der Waals surface area (Å²) in [6.45, 7) is 1.28. The fraction of sp³-hybridized carbons (Fsp3) is 0.688. The maximum atomic E-state index is 12.3. The molecule has 9 heteroatoms. The van der Waals surface area contributed by atoms with E-state index < -0.39 is 24.0 Å². The van der Waals surface area contributed by atoms with Gasteiger partial charge in [0.05, 0.1) is 18.3 Å². The number of rotatable bonds is 5. The molecule has 1 saturated carbocycles. The van der Waals surface area contributed by atoms with Gasteiger partial charge in [0, 0.05) is 13.6 Å². The van der Waals surface area contributed by atoms with Gasteiger partial charge in [-0.15, -0.1) is 0 Å². The van der Waals surface area contributed by atoms with Crippen LogP contribution in [0.15, 0.2) is 0 Å². The summed E-state index contributed by atoms with van der Waals surface area (Å²) in [5.41, 5.74) is 0. The van der Waals surface area contributed by atoms with E-state index in [4.69, 9.17) is 4.74 Å². The Morgan fingerprint density at radius 1 is 1.16 bits per heavy atom. The van der Waals surface area contributed by atoms with Crippen LogP contribution in [0.4, 0.5) is 4.79 Å². The highest BCUT2D eigenvalue weighted by molar-refractivity contribution is 6.05. The third kappa shape index (κ3) is 4.34. The molecule has 3 atom stereocenters. The number of carbonyl (C=O) groups excluding carboxylic acids is 5. The summed E-state index contributed by atoms with van der Waals surface area (Å²) in [5, 5.41) is 4.20. The first-order chi connectivity index (χ1) is 11.8. The van der Waals surface area contributed by atoms with Gasteiger partial charge in [0.25, 0.3) is 5.91 Å². The van der Waals surface area contributed by atoms with E-state index in [1.807, 2.05) is 5.32 Å². The molecule has 1 saturated heterocycles. The first kappa shape index (κ1) is 18.9. The second kappa shape index (κ2) is 8.09. The highest BCUT2D eigenvalue weighted by atomic mass is 16.5. The van der Waals surface area contributed by atoms with Crippen LogP contribution in [-0.2, 0) is 23.9 Å². The minimum atomic E-state index is -1.16. The number of imide groups is 2. The molecule has 0 bridgehead atoms. The van der Waals surface area contributed by atoms with Crippen molar-refractivity contribution in [2.45, 2.75) is 45.1 Å². The van der Waals surface area contributed by atoms with Crippen molar-refractivity contribution in [1.82, 2.24) is 15.5 Å². The molecule has 2 rings (SSSR count). The summed E-state index contributed by atoms with van der Waals surface area (Å²) in [4.78, 5) is 60.2. The SMILES string of the molecule is CNC(=O)NC(=O)[C@H](C)OC(=O)CCN1C(=O)[C@H]2CCCC[C@H]2C1=O. The number of ether oxygens (including phenoxy) is 1. The summed E-state index contributed by atoms with van der Waals surface area (Å²) < 4.78 is 4.93. The molecule has 9 nitrogen and oxygen atoms in total. The van der Waals surface area contributed by atoms with Crippen molar-refractivity contribution in [2.75, 3.05) is 13.6 Å². The van der Waals surface area contributed by atoms with Gasteiger partial charge >= 0.3 is 12.0 Å². The highest BCUT2D eigenvalue weighted by Gasteiger charge is 2.47. The molecule has 1 aliphatic heterocycles. The largest absolute Gasteiger partial charge is 0.452 e. The van der Waals surface area contributed by atoms with Gasteiger partial charge in [-0.25, -0.2) is 4.79 Å². The number of likely N-dealkylation sites (tertiary alicyclic amines) is 1. The van der Waals surface area contributed by atoms with Crippen molar-refractivity contribution in [2.24, 2.45) is 11.8 Å². The molecule has 1 heterocycles. The summed E-state index contributed by atoms with van der Waals surface area (Å²) >= 11 is 0. The van der Waals surface area contributed by atoms with Crippen LogP contribution in [0.1, 0.15) is 39.0 Å². The average molecular weight is 353 g/mol. The van der Waals surface area contributed by atoms with Crippen LogP contribution in [0, 0.1) is 11.8 Å². The molecule has 0 radical (unpaired) electrons. The molecule has 2 N–H and O–H groups in total. The minimum Gasteiger partial charge on any atom is -0.452 e. The van der Waals surface area contributed by atoms with E-state index in [2.05, 4.69) is 5.32 Å². The number of urea groups is 1. The molecule has 0 aromatic heterocycles. The lowest BCUT2D eigenvalue weighted by Gasteiger charge is -2.19. The third-order valence-corrected chi connectivity index (χ3v) is 4.61. The first-order valence-corrected chi connectivity index (χ1v) is 8.42. The van der Waals surface area contributed by atoms with Crippen LogP contribution < -0.4 is 10.6 Å². The highest BCUT2D eigenvalue weighted by Crippen LogP contribution is 2.37. The zero-order valence-electron chi connectivity index (χ0n) is 14.4. The number of esters is 1. The molecule has 2 aliphatic rings. The van der Waals surface area contributed by atoms with Gasteiger partial charge in [0.15, 0.2) is 6.10 Å². The fourth-order valence-electron chi connectivity index (χ4n) is 3.24. The van der Waals surface area contributed by atoms with E-state index in [0.717, 1.165) is 17.7 Å². The fourth-order valence-corrected chi connectivity index (χ4v) is 3.24. The Morgan fingerprint density at radius 2 is 1.72 bits per heavy atom. The molecule has 25 heavy (non-hydrogen) atoms. The molecule has 1 aliphatic carbocycles. The minimum absolute atomic E-state index is 0.0483. The molecule has 138 valence electrons. The zero-order valence-corrected chi connectivity index (χ0v) is 14.4. The lowest BCUT2D eigenvalue weighted by atomic mass is 9.81. The molecule has 2 fully saturated rings. The van der Waals surface area contributed by atoms with Crippen molar-refractivity contribution in [1.29, 1.82) is 0 Å². The zero-order chi connectivity index (χ0) is 18.6. The molecule has 0 aromatic carbocycles. The van der Waals surface area contributed by atoms with E-state index in [-0.39, 0.29) is 36.6 Å². The smallest absolute Gasteiger partial charge is 0.321 e. The van der Waals surface area contributed by atoms with Gasteiger partial charge in [0.1, 0.15) is 0 Å². The lowest BCUT2D eigenvalue weighted by Crippen LogP contribution is -2.43. The maximum Gasteiger partial charge on any atom is 0.321 e. The number of nitrogens with zero attached hydrogens (tertiary/aromatic N) is 1. The van der Waals surface area contributed by atoms with Crippen LogP contribution >= 0.6 is 0 Å². The van der Waals surface area contributed by atoms with Gasteiger partial charge in [0.2, 0.25) is 11.8 Å². The standard InChI is InChI=1S/C16H23N3O6/c1-9(13(21)18-16(24)17-2)25-12(20)7-8-19-14(22)10-5-3-4-6-11(10)15(19)23/h9-11H,3-8H2,1-2H3,(H2,17,18,21,24)/t9-,10-,11+/m0/s1. The Morgan fingerprint density at radius 3 is 2.24 bits per heavy atom. The monoisotopic (exact) mass is 353 g/mol. The summed E-state index contributed by atoms with van der Waals surface area (Å²) in [5.74, 6) is -2.41. The number of hydrogen-bond donors (Lipinski definition) is 2. The predicted octanol–water partition coefficient (Wildman–Crippen LogP) is -0.0610. The normalized spacial score (nSPS) is 23.7. The first-order valence-electron chi connectivity index (χ1n) is 8.42. The summed E-state index contributed by atoms with van der Waals surface area (Å²) in [6, 6.07) is -0.705. The van der Waals surface area contributed by atoms with Crippen molar-refractivity contribution >= 4 is 29.7 Å². The molecule has 0 spiro atoms. The van der Waals surface area contributed by atoms with Gasteiger partial charge in [-0.2, -0.15) is 0 Å². The average Bonchev–Trinajstić information content (AvgIpc) is 2.84. The van der Waals surface area contributed by atoms with Crippen LogP contribution in [-0.4, -0.2) is 54.3 Å². The Hall–Kier alpha value is -2.45. The summed E-state index contributed by atoms with van der Waals surface area (Å²) in [6.07, 6.45) is 1.97. The van der Waals surface area contributed by atoms with Crippen LogP contribution in [0.5, 0.6) is 0 Å². The summed E-state index contributed by atoms with van der Waals surface area (Å²) in [7, 11) is 1.35. The maximum absolute atomic E-state index is 12.3. The number of hydrogen-bond acceptors (Lipinski definition) is 6. The Labute approximate surface area is 145 Å². The van der Waals surface area contributed by atoms with Crippen LogP contribution in [0.2, 0.25) is 0 Å². The molecular formula is C16H23N3O6. The molecule has 0 unspecified atom stereocenters. The van der Waals surface area contributed by atoms with Gasteiger partial charge < -0.3 is 10.1 Å². The van der Waals surface area contributed by atoms with E-state index in [1.165, 1.54) is 14.0 Å². The van der Waals surface area contributed by atoms with Crippen molar-refractivity contribution in [3.8, 4) is 0 Å². The third-order valence-electron chi connectivity index (χ3n) is 4.61. The van der Waals surface area contributed by atoms with Gasteiger partial charge in [-0.05, 0) is 19.8 Å². The van der Waals surface area contributed by atoms with Crippen molar-refractivity contribution in [3.63, 3.8) is 0 Å². The number of amides is 5. The van der Waals surface area contributed by atoms with E-state index in [9.17, 15) is 24.0 Å². The number of carbonyl (C=O) groups is 5. The van der Waals surface area contributed by atoms with E-state index >= 15 is 0 Å². The van der Waals surface area contributed by atoms with Crippen LogP contribution in [0.25, 0.3) is 0 Å². The number of nitrogens with one attached hydrogen (secondary N) is 2. The van der Waals surface area contributed by atoms with Crippen LogP contribution in [0.3, 0.4) is 0 Å². The van der Waals surface area contributed by atoms with E-state index in [0.29, 0.717) is 12.8 Å². The quantitative estimate of drug-likeness (QED) is 0.527. The Kier molecular flexibility index (Phi) is 6.11. The second-order valence-electron chi connectivity index (χ2n) is 6.28. The Balaban J connectivity index is 1.81. The topological polar surface area (TPSA) is 122 Å². The molecule has 5 amide bonds. The van der Waals surface area contributed by atoms with Crippen molar-refractivity contribution in [3.05, 3.63) is 0 Å². The van der Waals surface area contributed by atoms with E-state index in [1.54, 1.807) is 0 Å². The number of fused-ring (bicyclic) bond motifs is 1. The molecule has 0 aromatic rings. The lowest BCUT2D eigenvalue weighted by molar-refractivity contribution is -0.155. The Bertz CT molecular complexity index is 566. The molecular weight excluding hydrogens is 330 g/mol. The second-order valence-corrected chi connectivity index (χ2v) is 6.28. The predicted molar refractivity (Wildman–Crippen MR) is 84.9 cm³/mol. The van der Waals surface area contributed by atoms with Gasteiger partial charge in [-0.1, -0.05) is 12.8 Å².